The van der Waals surface area contributed by atoms with Gasteiger partial charge in [0.15, 0.2) is 0 Å². The molecule has 1 aromatic carbocycles. The van der Waals surface area contributed by atoms with Gasteiger partial charge >= 0.3 is 0 Å². The maximum atomic E-state index is 12.2. The van der Waals surface area contributed by atoms with E-state index in [-0.39, 0.29) is 5.91 Å². The molecule has 1 aromatic rings. The standard InChI is InChI=1S/C17H24N2OS/c1-21-14-7-3-2-6-13-19-17(20)16-11-5-4-9-15(16)10-8-12-18/h4-5,9,11H,2-3,6-7,12-14,18H2,1H3,(H,19,20). The number of rotatable bonds is 8. The van der Waals surface area contributed by atoms with Gasteiger partial charge in [-0.1, -0.05) is 36.8 Å². The highest BCUT2D eigenvalue weighted by atomic mass is 32.2. The first kappa shape index (κ1) is 17.6. The van der Waals surface area contributed by atoms with E-state index in [0.717, 1.165) is 24.9 Å². The average molecular weight is 304 g/mol. The molecule has 0 unspecified atom stereocenters. The maximum Gasteiger partial charge on any atom is 0.252 e. The Morgan fingerprint density at radius 3 is 2.76 bits per heavy atom. The fraction of sp³-hybridized carbons (Fsp3) is 0.471. The minimum absolute atomic E-state index is 0.0546. The summed E-state index contributed by atoms with van der Waals surface area (Å²) in [5.74, 6) is 6.90. The molecule has 3 N–H and O–H groups in total. The van der Waals surface area contributed by atoms with Gasteiger partial charge in [-0.15, -0.1) is 0 Å². The molecular weight excluding hydrogens is 280 g/mol. The molecule has 0 radical (unpaired) electrons. The molecule has 0 saturated carbocycles. The second-order valence-corrected chi connectivity index (χ2v) is 5.70. The molecule has 0 heterocycles. The van der Waals surface area contributed by atoms with Crippen LogP contribution >= 0.6 is 11.8 Å². The Kier molecular flexibility index (Phi) is 9.43. The zero-order valence-electron chi connectivity index (χ0n) is 12.7. The molecule has 0 aliphatic heterocycles. The predicted molar refractivity (Wildman–Crippen MR) is 91.6 cm³/mol. The molecule has 0 aromatic heterocycles. The van der Waals surface area contributed by atoms with Gasteiger partial charge in [0.25, 0.3) is 5.91 Å². The number of thioether (sulfide) groups is 1. The lowest BCUT2D eigenvalue weighted by Gasteiger charge is -2.07. The summed E-state index contributed by atoms with van der Waals surface area (Å²) in [5.41, 5.74) is 6.74. The molecular formula is C17H24N2OS. The summed E-state index contributed by atoms with van der Waals surface area (Å²) in [6, 6.07) is 7.38. The van der Waals surface area contributed by atoms with Crippen LogP contribution in [0.5, 0.6) is 0 Å². The van der Waals surface area contributed by atoms with Crippen LogP contribution in [-0.4, -0.2) is 31.0 Å². The van der Waals surface area contributed by atoms with E-state index in [2.05, 4.69) is 23.4 Å². The third-order valence-electron chi connectivity index (χ3n) is 3.06. The van der Waals surface area contributed by atoms with Gasteiger partial charge in [-0.05, 0) is 37.0 Å². The van der Waals surface area contributed by atoms with E-state index in [1.54, 1.807) is 6.07 Å². The lowest BCUT2D eigenvalue weighted by molar-refractivity contribution is 0.0952. The van der Waals surface area contributed by atoms with E-state index < -0.39 is 0 Å². The average Bonchev–Trinajstić information content (AvgIpc) is 2.52. The highest BCUT2D eigenvalue weighted by Gasteiger charge is 2.08. The zero-order chi connectivity index (χ0) is 15.3. The van der Waals surface area contributed by atoms with Crippen LogP contribution in [0, 0.1) is 11.8 Å². The fourth-order valence-corrected chi connectivity index (χ4v) is 2.45. The Morgan fingerprint density at radius 2 is 2.00 bits per heavy atom. The van der Waals surface area contributed by atoms with Crippen LogP contribution in [0.15, 0.2) is 24.3 Å². The maximum absolute atomic E-state index is 12.2. The zero-order valence-corrected chi connectivity index (χ0v) is 13.5. The van der Waals surface area contributed by atoms with Gasteiger partial charge in [0.1, 0.15) is 0 Å². The Morgan fingerprint density at radius 1 is 1.24 bits per heavy atom. The molecule has 4 heteroatoms. The van der Waals surface area contributed by atoms with Gasteiger partial charge in [0.05, 0.1) is 12.1 Å². The smallest absolute Gasteiger partial charge is 0.252 e. The highest BCUT2D eigenvalue weighted by Crippen LogP contribution is 2.08. The number of amides is 1. The molecule has 1 amide bonds. The number of hydrogen-bond acceptors (Lipinski definition) is 3. The first-order valence-electron chi connectivity index (χ1n) is 7.34. The fourth-order valence-electron chi connectivity index (χ4n) is 1.96. The third kappa shape index (κ3) is 7.22. The van der Waals surface area contributed by atoms with Crippen molar-refractivity contribution in [1.82, 2.24) is 5.32 Å². The lowest BCUT2D eigenvalue weighted by atomic mass is 10.1. The van der Waals surface area contributed by atoms with Gasteiger partial charge in [-0.25, -0.2) is 0 Å². The topological polar surface area (TPSA) is 55.1 Å². The van der Waals surface area contributed by atoms with E-state index in [4.69, 9.17) is 5.73 Å². The van der Waals surface area contributed by atoms with Crippen molar-refractivity contribution in [3.8, 4) is 11.8 Å². The molecule has 1 rings (SSSR count). The Bertz CT molecular complexity index is 491. The van der Waals surface area contributed by atoms with Crippen molar-refractivity contribution >= 4 is 17.7 Å². The lowest BCUT2D eigenvalue weighted by Crippen LogP contribution is -2.25. The van der Waals surface area contributed by atoms with Gasteiger partial charge < -0.3 is 11.1 Å². The van der Waals surface area contributed by atoms with Gasteiger partial charge in [0, 0.05) is 12.1 Å². The van der Waals surface area contributed by atoms with Crippen molar-refractivity contribution in [3.63, 3.8) is 0 Å². The molecule has 0 spiro atoms. The molecule has 0 fully saturated rings. The molecule has 0 aliphatic rings. The van der Waals surface area contributed by atoms with Crippen molar-refractivity contribution in [3.05, 3.63) is 35.4 Å². The van der Waals surface area contributed by atoms with Crippen molar-refractivity contribution in [1.29, 1.82) is 0 Å². The van der Waals surface area contributed by atoms with Crippen LogP contribution in [0.1, 0.15) is 41.6 Å². The molecule has 0 aliphatic carbocycles. The largest absolute Gasteiger partial charge is 0.352 e. The Balaban J connectivity index is 2.38. The van der Waals surface area contributed by atoms with E-state index >= 15 is 0 Å². The van der Waals surface area contributed by atoms with Gasteiger partial charge in [-0.2, -0.15) is 11.8 Å². The minimum atomic E-state index is -0.0546. The first-order valence-corrected chi connectivity index (χ1v) is 8.74. The van der Waals surface area contributed by atoms with E-state index in [0.29, 0.717) is 12.1 Å². The number of nitrogens with two attached hydrogens (primary N) is 1. The third-order valence-corrected chi connectivity index (χ3v) is 3.75. The number of carbonyl (C=O) groups is 1. The van der Waals surface area contributed by atoms with Crippen LogP contribution in [-0.2, 0) is 0 Å². The minimum Gasteiger partial charge on any atom is -0.352 e. The summed E-state index contributed by atoms with van der Waals surface area (Å²) >= 11 is 1.88. The van der Waals surface area contributed by atoms with Crippen LogP contribution in [0.25, 0.3) is 0 Å². The molecule has 21 heavy (non-hydrogen) atoms. The summed E-state index contributed by atoms with van der Waals surface area (Å²) in [6.07, 6.45) is 6.80. The summed E-state index contributed by atoms with van der Waals surface area (Å²) in [7, 11) is 0. The second kappa shape index (κ2) is 11.2. The van der Waals surface area contributed by atoms with E-state index in [1.807, 2.05) is 30.0 Å². The summed E-state index contributed by atoms with van der Waals surface area (Å²) in [5, 5.41) is 2.96. The molecule has 3 nitrogen and oxygen atoms in total. The van der Waals surface area contributed by atoms with Crippen molar-refractivity contribution in [2.45, 2.75) is 25.7 Å². The van der Waals surface area contributed by atoms with Crippen molar-refractivity contribution in [2.75, 3.05) is 25.1 Å². The Labute approximate surface area is 132 Å². The quantitative estimate of drug-likeness (QED) is 0.573. The van der Waals surface area contributed by atoms with E-state index in [1.165, 1.54) is 18.6 Å². The summed E-state index contributed by atoms with van der Waals surface area (Å²) in [4.78, 5) is 12.2. The first-order chi connectivity index (χ1) is 10.3. The van der Waals surface area contributed by atoms with Crippen LogP contribution in [0.4, 0.5) is 0 Å². The monoisotopic (exact) mass is 304 g/mol. The second-order valence-electron chi connectivity index (χ2n) is 4.71. The summed E-state index contributed by atoms with van der Waals surface area (Å²) < 4.78 is 0. The number of carbonyl (C=O) groups excluding carboxylic acids is 1. The predicted octanol–water partition coefficient (Wildman–Crippen LogP) is 2.65. The molecule has 0 bridgehead atoms. The van der Waals surface area contributed by atoms with E-state index in [9.17, 15) is 4.79 Å². The van der Waals surface area contributed by atoms with Crippen molar-refractivity contribution in [2.24, 2.45) is 5.73 Å². The number of unbranched alkanes of at least 4 members (excludes halogenated alkanes) is 3. The summed E-state index contributed by atoms with van der Waals surface area (Å²) in [6.45, 7) is 1.02. The van der Waals surface area contributed by atoms with Gasteiger partial charge in [0.2, 0.25) is 0 Å². The molecule has 0 saturated heterocycles. The number of hydrogen-bond donors (Lipinski definition) is 2. The molecule has 114 valence electrons. The van der Waals surface area contributed by atoms with Gasteiger partial charge in [-0.3, -0.25) is 4.79 Å². The van der Waals surface area contributed by atoms with Crippen LogP contribution in [0.3, 0.4) is 0 Å². The highest BCUT2D eigenvalue weighted by molar-refractivity contribution is 7.98. The number of benzene rings is 1. The SMILES string of the molecule is CSCCCCCCNC(=O)c1ccccc1C#CCN. The number of nitrogens with one attached hydrogen (secondary N) is 1. The van der Waals surface area contributed by atoms with Crippen molar-refractivity contribution < 1.29 is 4.79 Å². The normalized spacial score (nSPS) is 9.81. The Hall–Kier alpha value is -1.44. The van der Waals surface area contributed by atoms with Crippen LogP contribution in [0.2, 0.25) is 0 Å². The molecule has 0 atom stereocenters. The van der Waals surface area contributed by atoms with Crippen LogP contribution < -0.4 is 11.1 Å².